The number of anilines is 1. The smallest absolute Gasteiger partial charge is 0.267 e. The van der Waals surface area contributed by atoms with Crippen molar-refractivity contribution in [3.8, 4) is 11.3 Å². The van der Waals surface area contributed by atoms with Gasteiger partial charge >= 0.3 is 0 Å². The molecule has 0 saturated carbocycles. The molecule has 4 rings (SSSR count). The highest BCUT2D eigenvalue weighted by Crippen LogP contribution is 2.22. The van der Waals surface area contributed by atoms with E-state index in [0.717, 1.165) is 16.3 Å². The molecule has 0 fully saturated rings. The molecule has 0 atom stereocenters. The predicted octanol–water partition coefficient (Wildman–Crippen LogP) is 4.83. The van der Waals surface area contributed by atoms with Crippen molar-refractivity contribution < 1.29 is 4.79 Å². The summed E-state index contributed by atoms with van der Waals surface area (Å²) in [4.78, 5) is 24.7. The van der Waals surface area contributed by atoms with E-state index < -0.39 is 0 Å². The molecule has 3 aromatic carbocycles. The average Bonchev–Trinajstić information content (AvgIpc) is 2.75. The van der Waals surface area contributed by atoms with Crippen molar-refractivity contribution in [2.24, 2.45) is 0 Å². The maximum absolute atomic E-state index is 12.5. The lowest BCUT2D eigenvalue weighted by Crippen LogP contribution is -2.29. The van der Waals surface area contributed by atoms with Gasteiger partial charge in [-0.25, -0.2) is 4.68 Å². The largest absolute Gasteiger partial charge is 0.324 e. The second-order valence-corrected chi connectivity index (χ2v) is 7.60. The van der Waals surface area contributed by atoms with Gasteiger partial charge in [-0.15, -0.1) is 0 Å². The maximum atomic E-state index is 12.5. The Morgan fingerprint density at radius 2 is 1.67 bits per heavy atom. The second-order valence-electron chi connectivity index (χ2n) is 7.60. The normalized spacial score (nSPS) is 11.0. The summed E-state index contributed by atoms with van der Waals surface area (Å²) < 4.78 is 1.20. The van der Waals surface area contributed by atoms with Crippen molar-refractivity contribution in [1.29, 1.82) is 0 Å². The quantitative estimate of drug-likeness (QED) is 0.525. The zero-order valence-electron chi connectivity index (χ0n) is 17.0. The second kappa shape index (κ2) is 8.33. The summed E-state index contributed by atoms with van der Waals surface area (Å²) in [5.74, 6) is 0.132. The number of carbonyl (C=O) groups excluding carboxylic acids is 1. The Morgan fingerprint density at radius 1 is 0.933 bits per heavy atom. The Morgan fingerprint density at radius 3 is 2.40 bits per heavy atom. The molecule has 30 heavy (non-hydrogen) atoms. The van der Waals surface area contributed by atoms with Crippen LogP contribution in [-0.2, 0) is 11.3 Å². The molecule has 4 aromatic rings. The Labute approximate surface area is 175 Å². The highest BCUT2D eigenvalue weighted by Gasteiger charge is 2.09. The van der Waals surface area contributed by atoms with Gasteiger partial charge in [0.15, 0.2) is 0 Å². The lowest BCUT2D eigenvalue weighted by atomic mass is 10.0. The predicted molar refractivity (Wildman–Crippen MR) is 121 cm³/mol. The van der Waals surface area contributed by atoms with Crippen molar-refractivity contribution in [3.63, 3.8) is 0 Å². The van der Waals surface area contributed by atoms with E-state index in [9.17, 15) is 9.59 Å². The van der Waals surface area contributed by atoms with E-state index in [0.29, 0.717) is 17.3 Å². The van der Waals surface area contributed by atoms with Crippen LogP contribution in [0.1, 0.15) is 25.3 Å². The van der Waals surface area contributed by atoms with Crippen molar-refractivity contribution in [3.05, 3.63) is 94.8 Å². The summed E-state index contributed by atoms with van der Waals surface area (Å²) in [6.45, 7) is 4.09. The third-order valence-corrected chi connectivity index (χ3v) is 5.07. The number of hydrogen-bond donors (Lipinski definition) is 1. The van der Waals surface area contributed by atoms with Gasteiger partial charge in [-0.2, -0.15) is 5.10 Å². The fourth-order valence-electron chi connectivity index (χ4n) is 3.35. The van der Waals surface area contributed by atoms with Crippen LogP contribution in [0, 0.1) is 0 Å². The summed E-state index contributed by atoms with van der Waals surface area (Å²) in [7, 11) is 0. The Kier molecular flexibility index (Phi) is 5.44. The molecule has 0 unspecified atom stereocenters. The van der Waals surface area contributed by atoms with E-state index in [4.69, 9.17) is 0 Å². The van der Waals surface area contributed by atoms with Gasteiger partial charge in [0.25, 0.3) is 5.56 Å². The number of rotatable bonds is 5. The van der Waals surface area contributed by atoms with Gasteiger partial charge < -0.3 is 5.32 Å². The van der Waals surface area contributed by atoms with E-state index >= 15 is 0 Å². The van der Waals surface area contributed by atoms with Gasteiger partial charge in [0.05, 0.1) is 5.69 Å². The number of hydrogen-bond acceptors (Lipinski definition) is 3. The van der Waals surface area contributed by atoms with E-state index in [1.165, 1.54) is 16.3 Å². The Bertz CT molecular complexity index is 1260. The van der Waals surface area contributed by atoms with Gasteiger partial charge in [0, 0.05) is 17.3 Å². The van der Waals surface area contributed by atoms with E-state index in [1.807, 2.05) is 66.7 Å². The molecule has 0 radical (unpaired) electrons. The molecular formula is C25H23N3O2. The Hall–Kier alpha value is -3.73. The van der Waals surface area contributed by atoms with E-state index in [1.54, 1.807) is 6.07 Å². The van der Waals surface area contributed by atoms with E-state index in [-0.39, 0.29) is 18.0 Å². The summed E-state index contributed by atoms with van der Waals surface area (Å²) in [5, 5.41) is 9.47. The van der Waals surface area contributed by atoms with Gasteiger partial charge in [-0.3, -0.25) is 9.59 Å². The number of carbonyl (C=O) groups is 1. The number of nitrogens with one attached hydrogen (secondary N) is 1. The highest BCUT2D eigenvalue weighted by molar-refractivity contribution is 5.90. The number of amides is 1. The van der Waals surface area contributed by atoms with Crippen LogP contribution in [0.25, 0.3) is 22.0 Å². The molecule has 0 bridgehead atoms. The first-order chi connectivity index (χ1) is 14.5. The third kappa shape index (κ3) is 4.30. The molecule has 0 aliphatic heterocycles. The van der Waals surface area contributed by atoms with Crippen LogP contribution in [0.15, 0.2) is 83.7 Å². The molecule has 0 aliphatic rings. The van der Waals surface area contributed by atoms with Crippen LogP contribution < -0.4 is 10.9 Å². The van der Waals surface area contributed by atoms with Crippen LogP contribution in [0.5, 0.6) is 0 Å². The lowest BCUT2D eigenvalue weighted by molar-refractivity contribution is -0.117. The van der Waals surface area contributed by atoms with Crippen molar-refractivity contribution >= 4 is 22.4 Å². The summed E-state index contributed by atoms with van der Waals surface area (Å²) >= 11 is 0. The third-order valence-electron chi connectivity index (χ3n) is 5.07. The van der Waals surface area contributed by atoms with Gasteiger partial charge in [-0.1, -0.05) is 62.4 Å². The standard InChI is InChI=1S/C25H23N3O2/c1-17(2)18-9-11-22(12-10-18)26-24(29)16-28-25(30)14-13-23(27-28)21-8-7-19-5-3-4-6-20(19)15-21/h3-15,17H,16H2,1-2H3,(H,26,29). The van der Waals surface area contributed by atoms with Crippen LogP contribution in [0.3, 0.4) is 0 Å². The molecule has 1 heterocycles. The lowest BCUT2D eigenvalue weighted by Gasteiger charge is -2.10. The minimum absolute atomic E-state index is 0.147. The first kappa shape index (κ1) is 19.6. The molecule has 150 valence electrons. The number of fused-ring (bicyclic) bond motifs is 1. The average molecular weight is 397 g/mol. The molecule has 5 nitrogen and oxygen atoms in total. The molecule has 0 spiro atoms. The fraction of sp³-hybridized carbons (Fsp3) is 0.160. The molecule has 1 amide bonds. The van der Waals surface area contributed by atoms with Crippen LogP contribution in [0.4, 0.5) is 5.69 Å². The molecule has 1 aromatic heterocycles. The first-order valence-electron chi connectivity index (χ1n) is 9.97. The maximum Gasteiger partial charge on any atom is 0.267 e. The molecular weight excluding hydrogens is 374 g/mol. The topological polar surface area (TPSA) is 64.0 Å². The monoisotopic (exact) mass is 397 g/mol. The molecule has 5 heteroatoms. The van der Waals surface area contributed by atoms with Gasteiger partial charge in [0.1, 0.15) is 6.54 Å². The SMILES string of the molecule is CC(C)c1ccc(NC(=O)Cn2nc(-c3ccc4ccccc4c3)ccc2=O)cc1. The number of benzene rings is 3. The van der Waals surface area contributed by atoms with E-state index in [2.05, 4.69) is 24.3 Å². The number of aromatic nitrogens is 2. The van der Waals surface area contributed by atoms with Crippen molar-refractivity contribution in [1.82, 2.24) is 9.78 Å². The summed E-state index contributed by atoms with van der Waals surface area (Å²) in [5.41, 5.74) is 3.13. The van der Waals surface area contributed by atoms with Crippen molar-refractivity contribution in [2.75, 3.05) is 5.32 Å². The first-order valence-corrected chi connectivity index (χ1v) is 9.97. The minimum atomic E-state index is -0.315. The molecule has 0 aliphatic carbocycles. The summed E-state index contributed by atoms with van der Waals surface area (Å²) in [6.07, 6.45) is 0. The minimum Gasteiger partial charge on any atom is -0.324 e. The zero-order valence-corrected chi connectivity index (χ0v) is 17.0. The molecule has 1 N–H and O–H groups in total. The van der Waals surface area contributed by atoms with Gasteiger partial charge in [-0.05, 0) is 46.5 Å². The fourth-order valence-corrected chi connectivity index (χ4v) is 3.35. The van der Waals surface area contributed by atoms with Crippen molar-refractivity contribution in [2.45, 2.75) is 26.3 Å². The Balaban J connectivity index is 1.54. The van der Waals surface area contributed by atoms with Crippen LogP contribution >= 0.6 is 0 Å². The summed E-state index contributed by atoms with van der Waals surface area (Å²) in [6, 6.07) is 24.9. The van der Waals surface area contributed by atoms with Crippen LogP contribution in [-0.4, -0.2) is 15.7 Å². The molecule has 0 saturated heterocycles. The highest BCUT2D eigenvalue weighted by atomic mass is 16.2. The van der Waals surface area contributed by atoms with Crippen LogP contribution in [0.2, 0.25) is 0 Å². The van der Waals surface area contributed by atoms with Gasteiger partial charge in [0.2, 0.25) is 5.91 Å². The zero-order chi connectivity index (χ0) is 21.1. The number of nitrogens with zero attached hydrogens (tertiary/aromatic N) is 2.